The molecule has 122 valence electrons. The van der Waals surface area contributed by atoms with Crippen LogP contribution in [0.15, 0.2) is 30.3 Å². The van der Waals surface area contributed by atoms with Gasteiger partial charge in [-0.2, -0.15) is 0 Å². The largest absolute Gasteiger partial charge is 0.303 e. The lowest BCUT2D eigenvalue weighted by Crippen LogP contribution is -2.44. The number of sulfonamides is 1. The van der Waals surface area contributed by atoms with Crippen LogP contribution in [0.2, 0.25) is 0 Å². The first kappa shape index (κ1) is 16.0. The highest BCUT2D eigenvalue weighted by Crippen LogP contribution is 2.39. The molecule has 1 unspecified atom stereocenters. The third-order valence-corrected chi connectivity index (χ3v) is 6.54. The minimum Gasteiger partial charge on any atom is -0.303 e. The molecule has 1 aliphatic heterocycles. The summed E-state index contributed by atoms with van der Waals surface area (Å²) in [7, 11) is -0.824. The van der Waals surface area contributed by atoms with Crippen LogP contribution in [0.1, 0.15) is 30.7 Å². The van der Waals surface area contributed by atoms with Gasteiger partial charge in [-0.3, -0.25) is 0 Å². The summed E-state index contributed by atoms with van der Waals surface area (Å²) in [5.74, 6) is 1.18. The molecular formula is C17H26N2O2S. The van der Waals surface area contributed by atoms with E-state index in [0.717, 1.165) is 13.0 Å². The summed E-state index contributed by atoms with van der Waals surface area (Å²) in [6.07, 6.45) is 4.76. The monoisotopic (exact) mass is 322 g/mol. The van der Waals surface area contributed by atoms with Gasteiger partial charge >= 0.3 is 0 Å². The van der Waals surface area contributed by atoms with E-state index >= 15 is 0 Å². The second-order valence-corrected chi connectivity index (χ2v) is 8.93. The molecule has 1 atom stereocenters. The molecule has 0 amide bonds. The SMILES string of the molecule is CN(CC1CCN(S(C)(=O)=O)C1)C1CC(c2ccccc2)C1. The number of nitrogens with zero attached hydrogens (tertiary/aromatic N) is 2. The van der Waals surface area contributed by atoms with E-state index in [9.17, 15) is 8.42 Å². The summed E-state index contributed by atoms with van der Waals surface area (Å²) >= 11 is 0. The van der Waals surface area contributed by atoms with E-state index in [-0.39, 0.29) is 0 Å². The minimum absolute atomic E-state index is 0.482. The van der Waals surface area contributed by atoms with Crippen LogP contribution < -0.4 is 0 Å². The molecule has 1 saturated heterocycles. The Morgan fingerprint density at radius 1 is 1.23 bits per heavy atom. The maximum atomic E-state index is 11.6. The zero-order chi connectivity index (χ0) is 15.7. The Bertz CT molecular complexity index is 596. The first-order chi connectivity index (χ1) is 10.4. The lowest BCUT2D eigenvalue weighted by molar-refractivity contribution is 0.121. The van der Waals surface area contributed by atoms with Crippen molar-refractivity contribution in [1.29, 1.82) is 0 Å². The quantitative estimate of drug-likeness (QED) is 0.834. The Morgan fingerprint density at radius 3 is 2.50 bits per heavy atom. The smallest absolute Gasteiger partial charge is 0.211 e. The number of rotatable bonds is 5. The lowest BCUT2D eigenvalue weighted by Gasteiger charge is -2.42. The van der Waals surface area contributed by atoms with Gasteiger partial charge < -0.3 is 4.90 Å². The van der Waals surface area contributed by atoms with Crippen LogP contribution in [-0.4, -0.2) is 56.6 Å². The Hall–Kier alpha value is -0.910. The minimum atomic E-state index is -3.01. The van der Waals surface area contributed by atoms with E-state index in [1.807, 2.05) is 0 Å². The average Bonchev–Trinajstić information content (AvgIpc) is 2.86. The van der Waals surface area contributed by atoms with Gasteiger partial charge in [0.05, 0.1) is 6.26 Å². The van der Waals surface area contributed by atoms with Gasteiger partial charge in [0.25, 0.3) is 0 Å². The van der Waals surface area contributed by atoms with Crippen LogP contribution in [0.5, 0.6) is 0 Å². The van der Waals surface area contributed by atoms with Gasteiger partial charge in [0.2, 0.25) is 10.0 Å². The van der Waals surface area contributed by atoms with Crippen molar-refractivity contribution < 1.29 is 8.42 Å². The molecule has 4 nitrogen and oxygen atoms in total. The summed E-state index contributed by atoms with van der Waals surface area (Å²) in [6, 6.07) is 11.4. The molecule has 0 radical (unpaired) electrons. The molecular weight excluding hydrogens is 296 g/mol. The highest BCUT2D eigenvalue weighted by Gasteiger charge is 2.35. The zero-order valence-electron chi connectivity index (χ0n) is 13.5. The van der Waals surface area contributed by atoms with Gasteiger partial charge in [-0.25, -0.2) is 12.7 Å². The Balaban J connectivity index is 1.46. The summed E-state index contributed by atoms with van der Waals surface area (Å²) in [5.41, 5.74) is 1.45. The van der Waals surface area contributed by atoms with Gasteiger partial charge in [0.1, 0.15) is 0 Å². The molecule has 2 aliphatic rings. The Labute approximate surface area is 134 Å². The second kappa shape index (κ2) is 6.30. The summed E-state index contributed by atoms with van der Waals surface area (Å²) < 4.78 is 24.8. The Morgan fingerprint density at radius 2 is 1.91 bits per heavy atom. The van der Waals surface area contributed by atoms with Gasteiger partial charge in [0.15, 0.2) is 0 Å². The third kappa shape index (κ3) is 3.53. The van der Waals surface area contributed by atoms with Crippen LogP contribution in [0.4, 0.5) is 0 Å². The van der Waals surface area contributed by atoms with Gasteiger partial charge in [-0.15, -0.1) is 0 Å². The first-order valence-corrected chi connectivity index (χ1v) is 9.98. The van der Waals surface area contributed by atoms with Gasteiger partial charge in [-0.1, -0.05) is 30.3 Å². The molecule has 0 bridgehead atoms. The third-order valence-electron chi connectivity index (χ3n) is 5.27. The molecule has 0 aromatic heterocycles. The molecule has 5 heteroatoms. The first-order valence-electron chi connectivity index (χ1n) is 8.14. The fourth-order valence-electron chi connectivity index (χ4n) is 3.75. The van der Waals surface area contributed by atoms with Crippen LogP contribution in [0, 0.1) is 5.92 Å². The van der Waals surface area contributed by atoms with Crippen LogP contribution in [-0.2, 0) is 10.0 Å². The van der Waals surface area contributed by atoms with E-state index < -0.39 is 10.0 Å². The van der Waals surface area contributed by atoms with Crippen LogP contribution >= 0.6 is 0 Å². The zero-order valence-corrected chi connectivity index (χ0v) is 14.3. The standard InChI is InChI=1S/C17H26N2O2S/c1-18(12-14-8-9-19(13-14)22(2,20)21)17-10-16(11-17)15-6-4-3-5-7-15/h3-7,14,16-17H,8-13H2,1-2H3. The van der Waals surface area contributed by atoms with E-state index in [1.54, 1.807) is 4.31 Å². The average molecular weight is 322 g/mol. The highest BCUT2D eigenvalue weighted by molar-refractivity contribution is 7.88. The molecule has 0 spiro atoms. The fourth-order valence-corrected chi connectivity index (χ4v) is 4.67. The molecule has 2 fully saturated rings. The van der Waals surface area contributed by atoms with Crippen molar-refractivity contribution in [3.8, 4) is 0 Å². The van der Waals surface area contributed by atoms with Crippen LogP contribution in [0.25, 0.3) is 0 Å². The lowest BCUT2D eigenvalue weighted by atomic mass is 9.75. The fraction of sp³-hybridized carbons (Fsp3) is 0.647. The van der Waals surface area contributed by atoms with Crippen molar-refractivity contribution >= 4 is 10.0 Å². The topological polar surface area (TPSA) is 40.6 Å². The van der Waals surface area contributed by atoms with Crippen molar-refractivity contribution in [2.75, 3.05) is 32.9 Å². The maximum absolute atomic E-state index is 11.6. The van der Waals surface area contributed by atoms with E-state index in [1.165, 1.54) is 24.7 Å². The predicted octanol–water partition coefficient (Wildman–Crippen LogP) is 2.15. The maximum Gasteiger partial charge on any atom is 0.211 e. The number of hydrogen-bond donors (Lipinski definition) is 0. The molecule has 1 saturated carbocycles. The van der Waals surface area contributed by atoms with Crippen molar-refractivity contribution in [2.45, 2.75) is 31.2 Å². The molecule has 1 aromatic rings. The number of hydrogen-bond acceptors (Lipinski definition) is 3. The van der Waals surface area contributed by atoms with Gasteiger partial charge in [-0.05, 0) is 43.7 Å². The van der Waals surface area contributed by atoms with E-state index in [2.05, 4.69) is 42.3 Å². The highest BCUT2D eigenvalue weighted by atomic mass is 32.2. The van der Waals surface area contributed by atoms with Gasteiger partial charge in [0, 0.05) is 25.7 Å². The van der Waals surface area contributed by atoms with E-state index in [0.29, 0.717) is 31.0 Å². The molecule has 3 rings (SSSR count). The van der Waals surface area contributed by atoms with Crippen molar-refractivity contribution in [1.82, 2.24) is 9.21 Å². The molecule has 1 aromatic carbocycles. The molecule has 22 heavy (non-hydrogen) atoms. The van der Waals surface area contributed by atoms with Crippen molar-refractivity contribution in [3.05, 3.63) is 35.9 Å². The number of benzene rings is 1. The van der Waals surface area contributed by atoms with Crippen molar-refractivity contribution in [2.24, 2.45) is 5.92 Å². The molecule has 0 N–H and O–H groups in total. The van der Waals surface area contributed by atoms with Crippen molar-refractivity contribution in [3.63, 3.8) is 0 Å². The van der Waals surface area contributed by atoms with E-state index in [4.69, 9.17) is 0 Å². The second-order valence-electron chi connectivity index (χ2n) is 6.95. The summed E-state index contributed by atoms with van der Waals surface area (Å²) in [5, 5.41) is 0. The summed E-state index contributed by atoms with van der Waals surface area (Å²) in [4.78, 5) is 2.44. The normalized spacial score (nSPS) is 29.7. The summed E-state index contributed by atoms with van der Waals surface area (Å²) in [6.45, 7) is 2.39. The Kier molecular flexibility index (Phi) is 4.57. The predicted molar refractivity (Wildman–Crippen MR) is 89.4 cm³/mol. The molecule has 1 aliphatic carbocycles. The molecule has 1 heterocycles. The van der Waals surface area contributed by atoms with Crippen LogP contribution in [0.3, 0.4) is 0 Å².